The molecule has 9 heteroatoms. The first kappa shape index (κ1) is 20.8. The predicted molar refractivity (Wildman–Crippen MR) is 110 cm³/mol. The van der Waals surface area contributed by atoms with Crippen molar-refractivity contribution < 1.29 is 22.0 Å². The highest BCUT2D eigenvalue weighted by Crippen LogP contribution is 2.21. The Labute approximate surface area is 171 Å². The normalized spacial score (nSPS) is 11.1. The summed E-state index contributed by atoms with van der Waals surface area (Å²) in [5, 5.41) is 2.34. The summed E-state index contributed by atoms with van der Waals surface area (Å²) in [6, 6.07) is 14.9. The van der Waals surface area contributed by atoms with Gasteiger partial charge < -0.3 is 5.32 Å². The summed E-state index contributed by atoms with van der Waals surface area (Å²) in [7, 11) is -3.77. The van der Waals surface area contributed by atoms with Gasteiger partial charge in [0.2, 0.25) is 0 Å². The largest absolute Gasteiger partial charge is 0.319 e. The number of anilines is 2. The lowest BCUT2D eigenvalue weighted by Crippen LogP contribution is -2.14. The number of amides is 1. The molecule has 5 nitrogen and oxygen atoms in total. The molecule has 3 aromatic rings. The van der Waals surface area contributed by atoms with Gasteiger partial charge in [0.25, 0.3) is 15.9 Å². The highest BCUT2D eigenvalue weighted by atomic mass is 32.2. The Morgan fingerprint density at radius 1 is 0.931 bits per heavy atom. The van der Waals surface area contributed by atoms with Crippen molar-refractivity contribution in [3.05, 3.63) is 83.9 Å². The molecule has 0 saturated carbocycles. The van der Waals surface area contributed by atoms with E-state index in [1.54, 1.807) is 12.1 Å². The molecule has 0 aromatic heterocycles. The molecule has 0 aliphatic rings. The molecule has 0 spiro atoms. The van der Waals surface area contributed by atoms with Gasteiger partial charge in [-0.25, -0.2) is 17.2 Å². The number of rotatable bonds is 6. The minimum absolute atomic E-state index is 0.115. The van der Waals surface area contributed by atoms with Crippen LogP contribution in [0.1, 0.15) is 10.4 Å². The van der Waals surface area contributed by atoms with Crippen molar-refractivity contribution in [2.45, 2.75) is 9.79 Å². The van der Waals surface area contributed by atoms with Crippen LogP contribution in [0.25, 0.3) is 0 Å². The van der Waals surface area contributed by atoms with Gasteiger partial charge in [0.1, 0.15) is 11.6 Å². The zero-order chi connectivity index (χ0) is 21.0. The van der Waals surface area contributed by atoms with Crippen LogP contribution < -0.4 is 10.0 Å². The first-order chi connectivity index (χ1) is 13.8. The van der Waals surface area contributed by atoms with Crippen molar-refractivity contribution in [3.8, 4) is 0 Å². The van der Waals surface area contributed by atoms with Gasteiger partial charge in [-0.3, -0.25) is 9.52 Å². The molecule has 0 aliphatic carbocycles. The van der Waals surface area contributed by atoms with Crippen LogP contribution in [0.4, 0.5) is 20.2 Å². The lowest BCUT2D eigenvalue weighted by molar-refractivity contribution is 0.102. The quantitative estimate of drug-likeness (QED) is 0.550. The lowest BCUT2D eigenvalue weighted by atomic mass is 10.2. The van der Waals surface area contributed by atoms with Gasteiger partial charge in [-0.2, -0.15) is 0 Å². The van der Waals surface area contributed by atoms with Crippen molar-refractivity contribution in [3.63, 3.8) is 0 Å². The van der Waals surface area contributed by atoms with E-state index in [0.717, 1.165) is 17.0 Å². The highest BCUT2D eigenvalue weighted by Gasteiger charge is 2.15. The van der Waals surface area contributed by atoms with Crippen LogP contribution in [0.5, 0.6) is 0 Å². The number of sulfonamides is 1. The third-order valence-corrected chi connectivity index (χ3v) is 6.09. The van der Waals surface area contributed by atoms with Crippen LogP contribution in [0.2, 0.25) is 0 Å². The molecule has 1 amide bonds. The number of benzene rings is 3. The summed E-state index contributed by atoms with van der Waals surface area (Å²) in [4.78, 5) is 13.3. The van der Waals surface area contributed by atoms with Crippen LogP contribution in [0.15, 0.2) is 76.5 Å². The SMILES string of the molecule is CSc1ccc(S(=O)(=O)Nc2ccc(C(=O)Nc3ccc(F)cc3F)cc2)cc1. The summed E-state index contributed by atoms with van der Waals surface area (Å²) in [6.07, 6.45) is 1.89. The Kier molecular flexibility index (Phi) is 6.19. The van der Waals surface area contributed by atoms with E-state index in [1.165, 1.54) is 48.2 Å². The average molecular weight is 434 g/mol. The van der Waals surface area contributed by atoms with Gasteiger partial charge in [-0.05, 0) is 66.9 Å². The average Bonchev–Trinajstić information content (AvgIpc) is 2.70. The zero-order valence-corrected chi connectivity index (χ0v) is 16.8. The van der Waals surface area contributed by atoms with Gasteiger partial charge in [-0.15, -0.1) is 11.8 Å². The molecule has 0 unspecified atom stereocenters. The van der Waals surface area contributed by atoms with Gasteiger partial charge >= 0.3 is 0 Å². The lowest BCUT2D eigenvalue weighted by Gasteiger charge is -2.10. The zero-order valence-electron chi connectivity index (χ0n) is 15.1. The smallest absolute Gasteiger partial charge is 0.261 e. The molecule has 0 radical (unpaired) electrons. The van der Waals surface area contributed by atoms with Crippen LogP contribution in [-0.4, -0.2) is 20.6 Å². The molecule has 0 bridgehead atoms. The molecular formula is C20H16F2N2O3S2. The second-order valence-electron chi connectivity index (χ2n) is 5.94. The molecule has 2 N–H and O–H groups in total. The van der Waals surface area contributed by atoms with Gasteiger partial charge in [0.15, 0.2) is 0 Å². The first-order valence-electron chi connectivity index (χ1n) is 8.32. The molecule has 0 aliphatic heterocycles. The number of hydrogen-bond donors (Lipinski definition) is 2. The summed E-state index contributed by atoms with van der Waals surface area (Å²) in [5.41, 5.74) is 0.291. The monoisotopic (exact) mass is 434 g/mol. The number of hydrogen-bond acceptors (Lipinski definition) is 4. The van der Waals surface area contributed by atoms with Crippen molar-refractivity contribution >= 4 is 39.1 Å². The molecule has 29 heavy (non-hydrogen) atoms. The Morgan fingerprint density at radius 2 is 1.59 bits per heavy atom. The molecule has 150 valence electrons. The third-order valence-electron chi connectivity index (χ3n) is 3.95. The fraction of sp³-hybridized carbons (Fsp3) is 0.0500. The van der Waals surface area contributed by atoms with E-state index < -0.39 is 27.6 Å². The van der Waals surface area contributed by atoms with E-state index >= 15 is 0 Å². The topological polar surface area (TPSA) is 75.3 Å². The maximum absolute atomic E-state index is 13.7. The van der Waals surface area contributed by atoms with Gasteiger partial charge in [0, 0.05) is 22.2 Å². The Hall–Kier alpha value is -2.91. The van der Waals surface area contributed by atoms with Crippen molar-refractivity contribution in [2.24, 2.45) is 0 Å². The molecule has 0 heterocycles. The second kappa shape index (κ2) is 8.62. The maximum atomic E-state index is 13.7. The van der Waals surface area contributed by atoms with Crippen molar-refractivity contribution in [2.75, 3.05) is 16.3 Å². The number of nitrogens with one attached hydrogen (secondary N) is 2. The van der Waals surface area contributed by atoms with Crippen LogP contribution in [-0.2, 0) is 10.0 Å². The minimum atomic E-state index is -3.77. The highest BCUT2D eigenvalue weighted by molar-refractivity contribution is 7.98. The Morgan fingerprint density at radius 3 is 2.17 bits per heavy atom. The molecule has 0 saturated heterocycles. The van der Waals surface area contributed by atoms with E-state index in [2.05, 4.69) is 10.0 Å². The summed E-state index contributed by atoms with van der Waals surface area (Å²) in [6.45, 7) is 0. The second-order valence-corrected chi connectivity index (χ2v) is 8.50. The fourth-order valence-corrected chi connectivity index (χ4v) is 3.91. The van der Waals surface area contributed by atoms with E-state index in [4.69, 9.17) is 0 Å². The summed E-state index contributed by atoms with van der Waals surface area (Å²) >= 11 is 1.50. The minimum Gasteiger partial charge on any atom is -0.319 e. The third kappa shape index (κ3) is 5.12. The summed E-state index contributed by atoms with van der Waals surface area (Å²) < 4.78 is 53.9. The number of thioether (sulfide) groups is 1. The molecule has 3 aromatic carbocycles. The van der Waals surface area contributed by atoms with E-state index in [1.807, 2.05) is 6.26 Å². The number of carbonyl (C=O) groups excluding carboxylic acids is 1. The van der Waals surface area contributed by atoms with Crippen LogP contribution in [0, 0.1) is 11.6 Å². The number of halogens is 2. The molecular weight excluding hydrogens is 418 g/mol. The van der Waals surface area contributed by atoms with Gasteiger partial charge in [-0.1, -0.05) is 0 Å². The van der Waals surface area contributed by atoms with Crippen LogP contribution in [0.3, 0.4) is 0 Å². The molecule has 0 fully saturated rings. The van der Waals surface area contributed by atoms with Crippen LogP contribution >= 0.6 is 11.8 Å². The molecule has 3 rings (SSSR count). The van der Waals surface area contributed by atoms with Crippen molar-refractivity contribution in [1.82, 2.24) is 0 Å². The van der Waals surface area contributed by atoms with E-state index in [0.29, 0.717) is 6.07 Å². The molecule has 0 atom stereocenters. The predicted octanol–water partition coefficient (Wildman–Crippen LogP) is 4.74. The summed E-state index contributed by atoms with van der Waals surface area (Å²) in [5.74, 6) is -2.26. The van der Waals surface area contributed by atoms with Crippen molar-refractivity contribution in [1.29, 1.82) is 0 Å². The van der Waals surface area contributed by atoms with E-state index in [9.17, 15) is 22.0 Å². The fourth-order valence-electron chi connectivity index (χ4n) is 2.44. The standard InChI is InChI=1S/C20H16F2N2O3S2/c1-28-16-7-9-17(10-8-16)29(26,27)24-15-5-2-13(3-6-15)20(25)23-19-11-4-14(21)12-18(19)22/h2-12,24H,1H3,(H,23,25). The van der Waals surface area contributed by atoms with E-state index in [-0.39, 0.29) is 21.8 Å². The first-order valence-corrected chi connectivity index (χ1v) is 11.0. The maximum Gasteiger partial charge on any atom is 0.261 e. The van der Waals surface area contributed by atoms with Gasteiger partial charge in [0.05, 0.1) is 10.6 Å². The number of carbonyl (C=O) groups is 1. The Balaban J connectivity index is 1.71. The Bertz CT molecular complexity index is 1130.